The van der Waals surface area contributed by atoms with E-state index in [9.17, 15) is 4.79 Å². The molecule has 140 valence electrons. The van der Waals surface area contributed by atoms with E-state index < -0.39 is 0 Å². The Kier molecular flexibility index (Phi) is 7.20. The van der Waals surface area contributed by atoms with E-state index in [0.29, 0.717) is 36.8 Å². The number of benzene rings is 1. The molecule has 3 rings (SSSR count). The van der Waals surface area contributed by atoms with Gasteiger partial charge in [0.15, 0.2) is 0 Å². The van der Waals surface area contributed by atoms with Crippen molar-refractivity contribution in [3.63, 3.8) is 0 Å². The first-order chi connectivity index (χ1) is 13.1. The third-order valence-corrected chi connectivity index (χ3v) is 5.37. The fourth-order valence-corrected chi connectivity index (χ4v) is 3.85. The van der Waals surface area contributed by atoms with Crippen LogP contribution in [-0.4, -0.2) is 22.5 Å². The molecule has 0 spiro atoms. The SMILES string of the molecule is O=C(CCCOc1ccc(Br)cc1Cl)NCc1csc(-c2ccncc2)n1. The highest BCUT2D eigenvalue weighted by atomic mass is 79.9. The standard InChI is InChI=1S/C19H17BrClN3O2S/c20-14-3-4-17(16(21)10-14)26-9-1-2-18(25)23-11-15-12-27-19(24-15)13-5-7-22-8-6-13/h3-8,10,12H,1-2,9,11H2,(H,23,25). The number of aromatic nitrogens is 2. The molecule has 0 aliphatic heterocycles. The molecule has 27 heavy (non-hydrogen) atoms. The Morgan fingerprint density at radius 3 is 2.85 bits per heavy atom. The molecule has 0 aliphatic carbocycles. The van der Waals surface area contributed by atoms with E-state index in [-0.39, 0.29) is 5.91 Å². The van der Waals surface area contributed by atoms with Crippen molar-refractivity contribution in [1.29, 1.82) is 0 Å². The minimum Gasteiger partial charge on any atom is -0.492 e. The Morgan fingerprint density at radius 1 is 1.26 bits per heavy atom. The lowest BCUT2D eigenvalue weighted by Gasteiger charge is -2.08. The maximum Gasteiger partial charge on any atom is 0.220 e. The van der Waals surface area contributed by atoms with Gasteiger partial charge >= 0.3 is 0 Å². The van der Waals surface area contributed by atoms with Gasteiger partial charge < -0.3 is 10.1 Å². The van der Waals surface area contributed by atoms with Gasteiger partial charge in [0.05, 0.1) is 23.9 Å². The normalized spacial score (nSPS) is 10.6. The summed E-state index contributed by atoms with van der Waals surface area (Å²) in [6.07, 6.45) is 4.47. The summed E-state index contributed by atoms with van der Waals surface area (Å²) in [5.41, 5.74) is 1.87. The highest BCUT2D eigenvalue weighted by molar-refractivity contribution is 9.10. The molecule has 1 N–H and O–H groups in total. The number of nitrogens with zero attached hydrogens (tertiary/aromatic N) is 2. The van der Waals surface area contributed by atoms with E-state index in [1.54, 1.807) is 35.9 Å². The predicted molar refractivity (Wildman–Crippen MR) is 111 cm³/mol. The molecule has 0 bridgehead atoms. The summed E-state index contributed by atoms with van der Waals surface area (Å²) < 4.78 is 6.51. The summed E-state index contributed by atoms with van der Waals surface area (Å²) in [4.78, 5) is 20.5. The number of hydrogen-bond acceptors (Lipinski definition) is 5. The topological polar surface area (TPSA) is 64.1 Å². The van der Waals surface area contributed by atoms with Gasteiger partial charge in [0.2, 0.25) is 5.91 Å². The highest BCUT2D eigenvalue weighted by Crippen LogP contribution is 2.27. The number of thiazole rings is 1. The zero-order valence-corrected chi connectivity index (χ0v) is 17.5. The second-order valence-electron chi connectivity index (χ2n) is 5.68. The molecule has 3 aromatic rings. The molecule has 0 saturated heterocycles. The van der Waals surface area contributed by atoms with Crippen LogP contribution in [0.1, 0.15) is 18.5 Å². The first-order valence-electron chi connectivity index (χ1n) is 8.31. The Balaban J connectivity index is 1.38. The average Bonchev–Trinajstić information content (AvgIpc) is 3.15. The van der Waals surface area contributed by atoms with Gasteiger partial charge in [-0.1, -0.05) is 27.5 Å². The molecule has 0 radical (unpaired) electrons. The fourth-order valence-electron chi connectivity index (χ4n) is 2.30. The summed E-state index contributed by atoms with van der Waals surface area (Å²) in [5, 5.41) is 6.30. The highest BCUT2D eigenvalue weighted by Gasteiger charge is 2.07. The molecular formula is C19H17BrClN3O2S. The lowest BCUT2D eigenvalue weighted by atomic mass is 10.3. The van der Waals surface area contributed by atoms with Gasteiger partial charge in [-0.25, -0.2) is 4.98 Å². The van der Waals surface area contributed by atoms with Gasteiger partial charge in [0.1, 0.15) is 10.8 Å². The van der Waals surface area contributed by atoms with E-state index in [2.05, 4.69) is 31.2 Å². The average molecular weight is 467 g/mol. The van der Waals surface area contributed by atoms with Crippen molar-refractivity contribution in [2.24, 2.45) is 0 Å². The number of rotatable bonds is 8. The van der Waals surface area contributed by atoms with E-state index >= 15 is 0 Å². The van der Waals surface area contributed by atoms with Crippen LogP contribution in [0.2, 0.25) is 5.02 Å². The number of hydrogen-bond donors (Lipinski definition) is 1. The number of carbonyl (C=O) groups is 1. The van der Waals surface area contributed by atoms with Gasteiger partial charge in [-0.2, -0.15) is 0 Å². The monoisotopic (exact) mass is 465 g/mol. The Hall–Kier alpha value is -1.96. The van der Waals surface area contributed by atoms with Crippen molar-refractivity contribution in [2.75, 3.05) is 6.61 Å². The summed E-state index contributed by atoms with van der Waals surface area (Å²) in [5.74, 6) is 0.588. The molecule has 8 heteroatoms. The molecule has 0 saturated carbocycles. The molecule has 1 aromatic carbocycles. The Labute approximate surface area is 174 Å². The van der Waals surface area contributed by atoms with Gasteiger partial charge in [-0.15, -0.1) is 11.3 Å². The summed E-state index contributed by atoms with van der Waals surface area (Å²) in [6, 6.07) is 9.27. The van der Waals surface area contributed by atoms with Crippen LogP contribution in [0, 0.1) is 0 Å². The van der Waals surface area contributed by atoms with Gasteiger partial charge in [0.25, 0.3) is 0 Å². The molecule has 5 nitrogen and oxygen atoms in total. The molecule has 1 amide bonds. The fraction of sp³-hybridized carbons (Fsp3) is 0.211. The molecule has 2 heterocycles. The van der Waals surface area contributed by atoms with Crippen LogP contribution in [0.3, 0.4) is 0 Å². The number of carbonyl (C=O) groups excluding carboxylic acids is 1. The first-order valence-corrected chi connectivity index (χ1v) is 10.4. The number of nitrogens with one attached hydrogen (secondary N) is 1. The molecule has 0 unspecified atom stereocenters. The molecule has 0 atom stereocenters. The molecule has 2 aromatic heterocycles. The lowest BCUT2D eigenvalue weighted by Crippen LogP contribution is -2.23. The van der Waals surface area contributed by atoms with Crippen LogP contribution in [-0.2, 0) is 11.3 Å². The van der Waals surface area contributed by atoms with Crippen LogP contribution in [0.5, 0.6) is 5.75 Å². The smallest absolute Gasteiger partial charge is 0.220 e. The molecule has 0 aliphatic rings. The largest absolute Gasteiger partial charge is 0.492 e. The van der Waals surface area contributed by atoms with E-state index in [0.717, 1.165) is 20.7 Å². The van der Waals surface area contributed by atoms with E-state index in [4.69, 9.17) is 16.3 Å². The number of ether oxygens (including phenoxy) is 1. The maximum atomic E-state index is 12.0. The number of pyridine rings is 1. The Bertz CT molecular complexity index is 905. The summed E-state index contributed by atoms with van der Waals surface area (Å²) in [6.45, 7) is 0.845. The molecular weight excluding hydrogens is 450 g/mol. The quantitative estimate of drug-likeness (QED) is 0.469. The van der Waals surface area contributed by atoms with Crippen molar-refractivity contribution in [3.8, 4) is 16.3 Å². The van der Waals surface area contributed by atoms with Crippen molar-refractivity contribution in [2.45, 2.75) is 19.4 Å². The van der Waals surface area contributed by atoms with Crippen LogP contribution in [0.25, 0.3) is 10.6 Å². The lowest BCUT2D eigenvalue weighted by molar-refractivity contribution is -0.121. The van der Waals surface area contributed by atoms with Crippen LogP contribution >= 0.6 is 38.9 Å². The zero-order valence-electron chi connectivity index (χ0n) is 14.3. The molecule has 0 fully saturated rings. The minimum absolute atomic E-state index is 0.0287. The third kappa shape index (κ3) is 6.02. The predicted octanol–water partition coefficient (Wildman–Crippen LogP) is 5.10. The van der Waals surface area contributed by atoms with Crippen LogP contribution < -0.4 is 10.1 Å². The van der Waals surface area contributed by atoms with Crippen LogP contribution in [0.4, 0.5) is 0 Å². The van der Waals surface area contributed by atoms with Crippen molar-refractivity contribution in [3.05, 3.63) is 63.3 Å². The number of amides is 1. The second kappa shape index (κ2) is 9.82. The first kappa shape index (κ1) is 19.8. The van der Waals surface area contributed by atoms with E-state index in [1.807, 2.05) is 23.6 Å². The minimum atomic E-state index is -0.0287. The van der Waals surface area contributed by atoms with Gasteiger partial charge in [-0.05, 0) is 36.8 Å². The van der Waals surface area contributed by atoms with Crippen molar-refractivity contribution >= 4 is 44.8 Å². The van der Waals surface area contributed by atoms with Gasteiger partial charge in [0, 0.05) is 34.2 Å². The van der Waals surface area contributed by atoms with E-state index in [1.165, 1.54) is 0 Å². The van der Waals surface area contributed by atoms with Crippen molar-refractivity contribution in [1.82, 2.24) is 15.3 Å². The number of halogens is 2. The van der Waals surface area contributed by atoms with Crippen LogP contribution in [0.15, 0.2) is 52.6 Å². The second-order valence-corrected chi connectivity index (χ2v) is 7.86. The summed E-state index contributed by atoms with van der Waals surface area (Å²) >= 11 is 11.0. The Morgan fingerprint density at radius 2 is 2.07 bits per heavy atom. The third-order valence-electron chi connectivity index (χ3n) is 3.65. The maximum absolute atomic E-state index is 12.0. The van der Waals surface area contributed by atoms with Gasteiger partial charge in [-0.3, -0.25) is 9.78 Å². The zero-order chi connectivity index (χ0) is 19.1. The van der Waals surface area contributed by atoms with Crippen molar-refractivity contribution < 1.29 is 9.53 Å². The summed E-state index contributed by atoms with van der Waals surface area (Å²) in [7, 11) is 0.